The van der Waals surface area contributed by atoms with Crippen molar-refractivity contribution >= 4 is 10.0 Å². The number of nitriles is 1. The lowest BCUT2D eigenvalue weighted by atomic mass is 9.90. The van der Waals surface area contributed by atoms with Crippen LogP contribution in [0, 0.1) is 17.2 Å². The molecule has 1 aliphatic rings. The van der Waals surface area contributed by atoms with Crippen LogP contribution in [0.3, 0.4) is 0 Å². The molecule has 0 saturated carbocycles. The van der Waals surface area contributed by atoms with E-state index < -0.39 is 10.0 Å². The van der Waals surface area contributed by atoms with E-state index >= 15 is 0 Å². The minimum Gasteiger partial charge on any atom is -0.329 e. The second-order valence-corrected chi connectivity index (χ2v) is 7.33. The topological polar surface area (TPSA) is 87.2 Å². The molecule has 1 saturated heterocycles. The first-order valence-electron chi connectivity index (χ1n) is 7.25. The van der Waals surface area contributed by atoms with Gasteiger partial charge in [0.05, 0.1) is 16.5 Å². The van der Waals surface area contributed by atoms with Gasteiger partial charge in [-0.1, -0.05) is 13.3 Å². The summed E-state index contributed by atoms with van der Waals surface area (Å²) in [7, 11) is -3.54. The van der Waals surface area contributed by atoms with E-state index in [0.717, 1.165) is 19.3 Å². The molecular formula is C15H21N3O2S. The summed E-state index contributed by atoms with van der Waals surface area (Å²) in [5.74, 6) is 0.547. The van der Waals surface area contributed by atoms with Gasteiger partial charge in [0.15, 0.2) is 0 Å². The Morgan fingerprint density at radius 3 is 2.57 bits per heavy atom. The first-order chi connectivity index (χ1) is 10.0. The van der Waals surface area contributed by atoms with Crippen LogP contribution in [0.15, 0.2) is 29.2 Å². The molecule has 1 fully saturated rings. The maximum Gasteiger partial charge on any atom is 0.243 e. The van der Waals surface area contributed by atoms with Gasteiger partial charge < -0.3 is 5.73 Å². The van der Waals surface area contributed by atoms with Crippen LogP contribution in [0.5, 0.6) is 0 Å². The Bertz CT molecular complexity index is 619. The number of benzene rings is 1. The van der Waals surface area contributed by atoms with Gasteiger partial charge in [-0.15, -0.1) is 0 Å². The molecule has 0 radical (unpaired) electrons. The van der Waals surface area contributed by atoms with Crippen LogP contribution in [-0.2, 0) is 10.0 Å². The maximum absolute atomic E-state index is 12.7. The number of hydrogen-bond acceptors (Lipinski definition) is 4. The third-order valence-electron chi connectivity index (χ3n) is 4.21. The fourth-order valence-electron chi connectivity index (χ4n) is 2.85. The van der Waals surface area contributed by atoms with Crippen molar-refractivity contribution < 1.29 is 8.42 Å². The van der Waals surface area contributed by atoms with E-state index in [1.807, 2.05) is 6.07 Å². The number of rotatable bonds is 4. The Labute approximate surface area is 126 Å². The van der Waals surface area contributed by atoms with Crippen LogP contribution < -0.4 is 5.73 Å². The molecule has 2 N–H and O–H groups in total. The molecule has 114 valence electrons. The quantitative estimate of drug-likeness (QED) is 0.917. The fourth-order valence-corrected chi connectivity index (χ4v) is 4.51. The summed E-state index contributed by atoms with van der Waals surface area (Å²) in [5, 5.41) is 8.79. The predicted molar refractivity (Wildman–Crippen MR) is 80.9 cm³/mol. The monoisotopic (exact) mass is 307 g/mol. The van der Waals surface area contributed by atoms with Gasteiger partial charge >= 0.3 is 0 Å². The van der Waals surface area contributed by atoms with Crippen molar-refractivity contribution in [2.75, 3.05) is 13.1 Å². The van der Waals surface area contributed by atoms with Crippen LogP contribution in [-0.4, -0.2) is 31.9 Å². The van der Waals surface area contributed by atoms with Crippen LogP contribution in [0.2, 0.25) is 0 Å². The third kappa shape index (κ3) is 3.26. The van der Waals surface area contributed by atoms with Crippen molar-refractivity contribution in [2.45, 2.75) is 37.1 Å². The van der Waals surface area contributed by atoms with Gasteiger partial charge in [-0.3, -0.25) is 0 Å². The molecule has 1 aromatic rings. The molecule has 1 aliphatic heterocycles. The largest absolute Gasteiger partial charge is 0.329 e. The van der Waals surface area contributed by atoms with Gasteiger partial charge in [-0.2, -0.15) is 9.57 Å². The zero-order valence-electron chi connectivity index (χ0n) is 12.2. The van der Waals surface area contributed by atoms with Gasteiger partial charge in [-0.25, -0.2) is 8.42 Å². The van der Waals surface area contributed by atoms with E-state index in [-0.39, 0.29) is 10.9 Å². The van der Waals surface area contributed by atoms with E-state index in [9.17, 15) is 8.42 Å². The molecule has 0 aromatic heterocycles. The number of nitrogens with two attached hydrogens (primary N) is 1. The highest BCUT2D eigenvalue weighted by Crippen LogP contribution is 2.29. The molecule has 0 spiro atoms. The average molecular weight is 307 g/mol. The predicted octanol–water partition coefficient (Wildman–Crippen LogP) is 1.70. The zero-order valence-corrected chi connectivity index (χ0v) is 13.0. The number of piperidine rings is 1. The normalized spacial score (nSPS) is 23.7. The summed E-state index contributed by atoms with van der Waals surface area (Å²) in [6.07, 6.45) is 2.76. The van der Waals surface area contributed by atoms with Crippen LogP contribution in [0.1, 0.15) is 31.7 Å². The van der Waals surface area contributed by atoms with E-state index in [2.05, 4.69) is 6.92 Å². The molecule has 0 bridgehead atoms. The Morgan fingerprint density at radius 2 is 2.05 bits per heavy atom. The molecule has 1 heterocycles. The minimum absolute atomic E-state index is 0.135. The Hall–Kier alpha value is -1.42. The summed E-state index contributed by atoms with van der Waals surface area (Å²) < 4.78 is 27.0. The van der Waals surface area contributed by atoms with E-state index in [4.69, 9.17) is 11.0 Å². The summed E-state index contributed by atoms with van der Waals surface area (Å²) in [4.78, 5) is 0.231. The van der Waals surface area contributed by atoms with Gasteiger partial charge in [0.1, 0.15) is 0 Å². The smallest absolute Gasteiger partial charge is 0.243 e. The highest BCUT2D eigenvalue weighted by molar-refractivity contribution is 7.89. The molecule has 21 heavy (non-hydrogen) atoms. The van der Waals surface area contributed by atoms with Crippen LogP contribution >= 0.6 is 0 Å². The molecule has 0 amide bonds. The van der Waals surface area contributed by atoms with Crippen molar-refractivity contribution in [1.29, 1.82) is 5.26 Å². The first kappa shape index (κ1) is 16.0. The van der Waals surface area contributed by atoms with Gasteiger partial charge in [0, 0.05) is 19.1 Å². The van der Waals surface area contributed by atoms with Gasteiger partial charge in [0.25, 0.3) is 0 Å². The lowest BCUT2D eigenvalue weighted by Gasteiger charge is -2.37. The molecule has 0 aliphatic carbocycles. The number of nitrogens with zero attached hydrogens (tertiary/aromatic N) is 2. The van der Waals surface area contributed by atoms with E-state index in [1.165, 1.54) is 28.6 Å². The Kier molecular flexibility index (Phi) is 4.99. The number of hydrogen-bond donors (Lipinski definition) is 1. The second kappa shape index (κ2) is 6.56. The van der Waals surface area contributed by atoms with Crippen molar-refractivity contribution in [1.82, 2.24) is 4.31 Å². The summed E-state index contributed by atoms with van der Waals surface area (Å²) in [6, 6.07) is 7.90. The van der Waals surface area contributed by atoms with E-state index in [0.29, 0.717) is 24.6 Å². The second-order valence-electron chi connectivity index (χ2n) is 5.44. The molecular weight excluding hydrogens is 286 g/mol. The summed E-state index contributed by atoms with van der Waals surface area (Å²) in [6.45, 7) is 2.98. The third-order valence-corrected chi connectivity index (χ3v) is 6.18. The van der Waals surface area contributed by atoms with E-state index in [1.54, 1.807) is 0 Å². The first-order valence-corrected chi connectivity index (χ1v) is 8.69. The summed E-state index contributed by atoms with van der Waals surface area (Å²) >= 11 is 0. The van der Waals surface area contributed by atoms with Gasteiger partial charge in [-0.05, 0) is 43.0 Å². The minimum atomic E-state index is -3.54. The SMILES string of the molecule is CCC1CCN(S(=O)(=O)c2ccc(C#N)cc2)C(CN)C1. The fraction of sp³-hybridized carbons (Fsp3) is 0.533. The Balaban J connectivity index is 2.27. The Morgan fingerprint density at radius 1 is 1.38 bits per heavy atom. The highest BCUT2D eigenvalue weighted by Gasteiger charge is 2.35. The lowest BCUT2D eigenvalue weighted by molar-refractivity contribution is 0.197. The molecule has 6 heteroatoms. The van der Waals surface area contributed by atoms with Crippen LogP contribution in [0.25, 0.3) is 0 Å². The standard InChI is InChI=1S/C15H21N3O2S/c1-2-12-7-8-18(14(9-12)11-17)21(19,20)15-5-3-13(10-16)4-6-15/h3-6,12,14H,2,7-9,11,17H2,1H3. The van der Waals surface area contributed by atoms with Crippen molar-refractivity contribution in [3.05, 3.63) is 29.8 Å². The molecule has 2 rings (SSSR count). The molecule has 2 unspecified atom stereocenters. The zero-order chi connectivity index (χ0) is 15.5. The molecule has 5 nitrogen and oxygen atoms in total. The van der Waals surface area contributed by atoms with Crippen molar-refractivity contribution in [3.8, 4) is 6.07 Å². The molecule has 1 aromatic carbocycles. The molecule has 2 atom stereocenters. The summed E-state index contributed by atoms with van der Waals surface area (Å²) in [5.41, 5.74) is 6.23. The van der Waals surface area contributed by atoms with Crippen molar-refractivity contribution in [3.63, 3.8) is 0 Å². The number of sulfonamides is 1. The lowest BCUT2D eigenvalue weighted by Crippen LogP contribution is -2.49. The highest BCUT2D eigenvalue weighted by atomic mass is 32.2. The maximum atomic E-state index is 12.7. The van der Waals surface area contributed by atoms with Gasteiger partial charge in [0.2, 0.25) is 10.0 Å². The van der Waals surface area contributed by atoms with Crippen LogP contribution in [0.4, 0.5) is 0 Å². The average Bonchev–Trinajstić information content (AvgIpc) is 2.54. The van der Waals surface area contributed by atoms with Crippen molar-refractivity contribution in [2.24, 2.45) is 11.7 Å².